The van der Waals surface area contributed by atoms with Crippen molar-refractivity contribution in [2.24, 2.45) is 23.2 Å². The van der Waals surface area contributed by atoms with Gasteiger partial charge in [0, 0.05) is 25.0 Å². The minimum atomic E-state index is -0.506. The molecule has 3 N–H and O–H groups in total. The quantitative estimate of drug-likeness (QED) is 0.543. The molecule has 2 heterocycles. The molecule has 5 rings (SSSR count). The fourth-order valence-electron chi connectivity index (χ4n) is 5.64. The van der Waals surface area contributed by atoms with Gasteiger partial charge in [0.25, 0.3) is 5.56 Å². The molecule has 5 atom stereocenters. The molecule has 0 aromatic carbocycles. The number of amides is 1. The highest BCUT2D eigenvalue weighted by atomic mass is 35.5. The first-order chi connectivity index (χ1) is 15.7. The number of aliphatic hydroxyl groups is 1. The monoisotopic (exact) mass is 473 g/mol. The van der Waals surface area contributed by atoms with Gasteiger partial charge in [0.15, 0.2) is 0 Å². The number of hydrogen-bond donors (Lipinski definition) is 3. The number of pyridine rings is 1. The Labute approximate surface area is 198 Å². The van der Waals surface area contributed by atoms with Crippen molar-refractivity contribution in [2.75, 3.05) is 11.9 Å². The normalized spacial score (nSPS) is 26.2. The number of rotatable bonds is 8. The predicted octanol–water partition coefficient (Wildman–Crippen LogP) is 3.01. The number of aliphatic hydroxyl groups excluding tert-OH is 1. The predicted molar refractivity (Wildman–Crippen MR) is 127 cm³/mol. The highest BCUT2D eigenvalue weighted by Gasteiger charge is 2.56. The van der Waals surface area contributed by atoms with Crippen molar-refractivity contribution in [3.63, 3.8) is 0 Å². The first-order valence-electron chi connectivity index (χ1n) is 11.5. The molecule has 33 heavy (non-hydrogen) atoms. The van der Waals surface area contributed by atoms with Gasteiger partial charge in [-0.3, -0.25) is 14.6 Å². The number of fused-ring (bicyclic) bond motifs is 2. The summed E-state index contributed by atoms with van der Waals surface area (Å²) in [5.74, 6) is 1.43. The summed E-state index contributed by atoms with van der Waals surface area (Å²) >= 11 is 6.40. The molecule has 0 aliphatic heterocycles. The van der Waals surface area contributed by atoms with Crippen molar-refractivity contribution >= 4 is 23.2 Å². The van der Waals surface area contributed by atoms with E-state index >= 15 is 0 Å². The molecule has 0 saturated heterocycles. The number of hydrogen-bond acceptors (Lipinski definition) is 6. The van der Waals surface area contributed by atoms with Gasteiger partial charge in [-0.2, -0.15) is 5.10 Å². The lowest BCUT2D eigenvalue weighted by atomic mass is 9.45. The number of anilines is 1. The molecule has 1 unspecified atom stereocenters. The van der Waals surface area contributed by atoms with Gasteiger partial charge in [0.2, 0.25) is 5.91 Å². The summed E-state index contributed by atoms with van der Waals surface area (Å²) in [7, 11) is 0. The molecule has 1 amide bonds. The topological polar surface area (TPSA) is 109 Å². The van der Waals surface area contributed by atoms with Crippen LogP contribution in [-0.4, -0.2) is 38.4 Å². The average Bonchev–Trinajstić information content (AvgIpc) is 2.79. The SMILES string of the molecule is C[C@@H]1[C@H]2C[C@@H](C[C@H]1Nc1cnn(CC(=O)NC(CCO)c3ccncc3)c(=O)c1Cl)C2(C)C. The number of nitrogens with one attached hydrogen (secondary N) is 2. The van der Waals surface area contributed by atoms with E-state index in [0.29, 0.717) is 35.3 Å². The van der Waals surface area contributed by atoms with E-state index in [1.165, 1.54) is 12.6 Å². The van der Waals surface area contributed by atoms with Gasteiger partial charge < -0.3 is 15.7 Å². The van der Waals surface area contributed by atoms with Gasteiger partial charge in [-0.1, -0.05) is 32.4 Å². The third-order valence-electron chi connectivity index (χ3n) is 7.83. The van der Waals surface area contributed by atoms with Crippen LogP contribution in [0.25, 0.3) is 0 Å². The zero-order valence-electron chi connectivity index (χ0n) is 19.3. The maximum Gasteiger partial charge on any atom is 0.288 e. The van der Waals surface area contributed by atoms with E-state index in [1.807, 2.05) is 0 Å². The van der Waals surface area contributed by atoms with Crippen LogP contribution in [0.4, 0.5) is 5.69 Å². The van der Waals surface area contributed by atoms with Gasteiger partial charge in [-0.25, -0.2) is 4.68 Å². The molecular formula is C24H32ClN5O3. The fraction of sp³-hybridized carbons (Fsp3) is 0.583. The molecule has 8 nitrogen and oxygen atoms in total. The van der Waals surface area contributed by atoms with Gasteiger partial charge in [0.05, 0.1) is 17.9 Å². The van der Waals surface area contributed by atoms with Crippen molar-refractivity contribution in [2.45, 2.75) is 58.7 Å². The second-order valence-electron chi connectivity index (χ2n) is 9.95. The van der Waals surface area contributed by atoms with Crippen LogP contribution in [0.1, 0.15) is 51.6 Å². The summed E-state index contributed by atoms with van der Waals surface area (Å²) in [6, 6.07) is 3.42. The van der Waals surface area contributed by atoms with E-state index in [4.69, 9.17) is 11.6 Å². The Balaban J connectivity index is 1.42. The fourth-order valence-corrected chi connectivity index (χ4v) is 5.84. The Bertz CT molecular complexity index is 1060. The Morgan fingerprint density at radius 2 is 2.06 bits per heavy atom. The number of aromatic nitrogens is 3. The zero-order chi connectivity index (χ0) is 23.8. The van der Waals surface area contributed by atoms with Crippen molar-refractivity contribution in [1.82, 2.24) is 20.1 Å². The number of carbonyl (C=O) groups is 1. The maximum atomic E-state index is 12.8. The summed E-state index contributed by atoms with van der Waals surface area (Å²) in [6.07, 6.45) is 7.45. The summed E-state index contributed by atoms with van der Waals surface area (Å²) in [5.41, 5.74) is 1.21. The first-order valence-corrected chi connectivity index (χ1v) is 11.9. The molecule has 178 valence electrons. The van der Waals surface area contributed by atoms with Gasteiger partial charge in [-0.15, -0.1) is 0 Å². The highest BCUT2D eigenvalue weighted by Crippen LogP contribution is 2.61. The van der Waals surface area contributed by atoms with Crippen molar-refractivity contribution in [3.8, 4) is 0 Å². The van der Waals surface area contributed by atoms with Crippen LogP contribution in [0.2, 0.25) is 5.02 Å². The number of nitrogens with zero attached hydrogens (tertiary/aromatic N) is 3. The molecule has 0 radical (unpaired) electrons. The lowest BCUT2D eigenvalue weighted by molar-refractivity contribution is -0.122. The first kappa shape index (κ1) is 23.7. The lowest BCUT2D eigenvalue weighted by Crippen LogP contribution is -2.58. The molecule has 9 heteroatoms. The minimum Gasteiger partial charge on any atom is -0.396 e. The van der Waals surface area contributed by atoms with Crippen LogP contribution in [0, 0.1) is 23.2 Å². The third kappa shape index (κ3) is 4.64. The number of carbonyl (C=O) groups excluding carboxylic acids is 1. The second-order valence-corrected chi connectivity index (χ2v) is 10.3. The van der Waals surface area contributed by atoms with Crippen molar-refractivity contribution in [1.29, 1.82) is 0 Å². The van der Waals surface area contributed by atoms with Crippen LogP contribution in [-0.2, 0) is 11.3 Å². The van der Waals surface area contributed by atoms with E-state index in [9.17, 15) is 14.7 Å². The van der Waals surface area contributed by atoms with E-state index in [-0.39, 0.29) is 36.2 Å². The van der Waals surface area contributed by atoms with E-state index in [2.05, 4.69) is 41.5 Å². The van der Waals surface area contributed by atoms with Gasteiger partial charge >= 0.3 is 0 Å². The Morgan fingerprint density at radius 3 is 2.70 bits per heavy atom. The Kier molecular flexibility index (Phi) is 6.77. The van der Waals surface area contributed by atoms with E-state index in [1.54, 1.807) is 24.5 Å². The van der Waals surface area contributed by atoms with E-state index < -0.39 is 5.56 Å². The van der Waals surface area contributed by atoms with Crippen LogP contribution in [0.15, 0.2) is 35.5 Å². The van der Waals surface area contributed by atoms with Crippen LogP contribution >= 0.6 is 11.6 Å². The van der Waals surface area contributed by atoms with Crippen molar-refractivity contribution in [3.05, 3.63) is 51.7 Å². The smallest absolute Gasteiger partial charge is 0.288 e. The molecule has 2 aromatic rings. The van der Waals surface area contributed by atoms with Crippen molar-refractivity contribution < 1.29 is 9.90 Å². The molecular weight excluding hydrogens is 442 g/mol. The lowest BCUT2D eigenvalue weighted by Gasteiger charge is -2.62. The van der Waals surface area contributed by atoms with Crippen LogP contribution < -0.4 is 16.2 Å². The standard InChI is InChI=1S/C24H32ClN5O3/c1-14-17-10-16(24(17,2)3)11-19(14)28-20-12-27-30(23(33)22(20)25)13-21(32)29-18(6-9-31)15-4-7-26-8-5-15/h4-5,7-8,12,14,16-19,28,31H,6,9-11,13H2,1-3H3,(H,29,32)/t14-,16+,17-,18?,19-/m1/s1. The molecule has 3 aliphatic rings. The molecule has 3 saturated carbocycles. The molecule has 0 spiro atoms. The summed E-state index contributed by atoms with van der Waals surface area (Å²) in [6.45, 7) is 6.61. The van der Waals surface area contributed by atoms with Gasteiger partial charge in [-0.05, 0) is 60.1 Å². The molecule has 2 bridgehead atoms. The van der Waals surface area contributed by atoms with Crippen LogP contribution in [0.3, 0.4) is 0 Å². The second kappa shape index (κ2) is 9.43. The van der Waals surface area contributed by atoms with Gasteiger partial charge in [0.1, 0.15) is 11.6 Å². The third-order valence-corrected chi connectivity index (χ3v) is 8.20. The Morgan fingerprint density at radius 1 is 1.33 bits per heavy atom. The zero-order valence-corrected chi connectivity index (χ0v) is 20.0. The van der Waals surface area contributed by atoms with Crippen LogP contribution in [0.5, 0.6) is 0 Å². The summed E-state index contributed by atoms with van der Waals surface area (Å²) < 4.78 is 1.07. The Hall–Kier alpha value is -2.45. The summed E-state index contributed by atoms with van der Waals surface area (Å²) in [5, 5.41) is 19.9. The summed E-state index contributed by atoms with van der Waals surface area (Å²) in [4.78, 5) is 29.4. The molecule has 3 fully saturated rings. The maximum absolute atomic E-state index is 12.8. The average molecular weight is 474 g/mol. The largest absolute Gasteiger partial charge is 0.396 e. The highest BCUT2D eigenvalue weighted by molar-refractivity contribution is 6.32. The molecule has 3 aliphatic carbocycles. The minimum absolute atomic E-state index is 0.0459. The number of halogens is 1. The molecule has 2 aromatic heterocycles. The van der Waals surface area contributed by atoms with E-state index in [0.717, 1.165) is 16.7 Å².